The van der Waals surface area contributed by atoms with Crippen LogP contribution in [0.15, 0.2) is 36.4 Å². The predicted octanol–water partition coefficient (Wildman–Crippen LogP) is 3.93. The number of allylic oxidation sites excluding steroid dienone is 2. The van der Waals surface area contributed by atoms with Crippen LogP contribution in [0.25, 0.3) is 0 Å². The fourth-order valence-corrected chi connectivity index (χ4v) is 3.38. The van der Waals surface area contributed by atoms with Crippen molar-refractivity contribution >= 4 is 11.6 Å². The zero-order chi connectivity index (χ0) is 13.2. The third-order valence-electron chi connectivity index (χ3n) is 4.42. The van der Waals surface area contributed by atoms with E-state index in [0.29, 0.717) is 11.8 Å². The molecule has 0 saturated heterocycles. The minimum atomic E-state index is 0.225. The molecule has 3 rings (SSSR count). The van der Waals surface area contributed by atoms with E-state index < -0.39 is 0 Å². The number of nitrogens with one attached hydrogen (secondary N) is 1. The largest absolute Gasteiger partial charge is 0.326 e. The molecule has 0 unspecified atom stereocenters. The van der Waals surface area contributed by atoms with Gasteiger partial charge in [-0.25, -0.2) is 0 Å². The highest BCUT2D eigenvalue weighted by atomic mass is 16.2. The van der Waals surface area contributed by atoms with Crippen LogP contribution in [-0.2, 0) is 4.79 Å². The summed E-state index contributed by atoms with van der Waals surface area (Å²) in [6, 6.07) is 8.04. The van der Waals surface area contributed by atoms with Gasteiger partial charge in [0.2, 0.25) is 5.91 Å². The van der Waals surface area contributed by atoms with Gasteiger partial charge in [0.05, 0.1) is 0 Å². The molecule has 100 valence electrons. The van der Waals surface area contributed by atoms with Gasteiger partial charge in [-0.05, 0) is 62.1 Å². The molecule has 0 aliphatic heterocycles. The molecule has 1 amide bonds. The van der Waals surface area contributed by atoms with Gasteiger partial charge in [0, 0.05) is 11.6 Å². The third-order valence-corrected chi connectivity index (χ3v) is 4.42. The quantitative estimate of drug-likeness (QED) is 0.797. The molecule has 1 fully saturated rings. The summed E-state index contributed by atoms with van der Waals surface area (Å²) < 4.78 is 0. The molecule has 2 aliphatic carbocycles. The second kappa shape index (κ2) is 5.20. The van der Waals surface area contributed by atoms with E-state index in [1.54, 1.807) is 0 Å². The molecular weight excluding hydrogens is 234 g/mol. The van der Waals surface area contributed by atoms with Crippen LogP contribution in [0.1, 0.15) is 31.2 Å². The molecule has 1 aromatic rings. The van der Waals surface area contributed by atoms with Crippen LogP contribution < -0.4 is 5.32 Å². The average molecular weight is 255 g/mol. The first-order chi connectivity index (χ1) is 9.25. The molecule has 2 aliphatic rings. The summed E-state index contributed by atoms with van der Waals surface area (Å²) in [5, 5.41) is 3.08. The Kier molecular flexibility index (Phi) is 3.41. The van der Waals surface area contributed by atoms with Gasteiger partial charge in [0.1, 0.15) is 0 Å². The van der Waals surface area contributed by atoms with Crippen molar-refractivity contribution in [1.82, 2.24) is 0 Å². The highest BCUT2D eigenvalue weighted by molar-refractivity contribution is 5.94. The first-order valence-electron chi connectivity index (χ1n) is 7.28. The molecule has 2 heteroatoms. The number of carbonyl (C=O) groups is 1. The van der Waals surface area contributed by atoms with Crippen molar-refractivity contribution in [2.24, 2.45) is 17.8 Å². The summed E-state index contributed by atoms with van der Waals surface area (Å²) in [5.41, 5.74) is 2.12. The van der Waals surface area contributed by atoms with Crippen LogP contribution in [0.5, 0.6) is 0 Å². The van der Waals surface area contributed by atoms with E-state index in [9.17, 15) is 4.79 Å². The fraction of sp³-hybridized carbons (Fsp3) is 0.471. The van der Waals surface area contributed by atoms with Crippen molar-refractivity contribution in [1.29, 1.82) is 0 Å². The SMILES string of the molecule is Cc1cccc(NC(=O)C2[C@H]3CC/C=C\CC[C@H]23)c1. The first kappa shape index (κ1) is 12.5. The lowest BCUT2D eigenvalue weighted by Gasteiger charge is -2.05. The Hall–Kier alpha value is -1.57. The zero-order valence-corrected chi connectivity index (χ0v) is 11.4. The normalized spacial score (nSPS) is 30.7. The van der Waals surface area contributed by atoms with E-state index in [1.165, 1.54) is 18.4 Å². The lowest BCUT2D eigenvalue weighted by atomic mass is 10.1. The van der Waals surface area contributed by atoms with Crippen LogP contribution in [0.3, 0.4) is 0 Å². The van der Waals surface area contributed by atoms with Gasteiger partial charge in [-0.2, -0.15) is 0 Å². The number of aryl methyl sites for hydroxylation is 1. The molecule has 2 nitrogen and oxygen atoms in total. The molecule has 0 heterocycles. The van der Waals surface area contributed by atoms with E-state index in [2.05, 4.69) is 17.5 Å². The van der Waals surface area contributed by atoms with Gasteiger partial charge in [0.15, 0.2) is 0 Å². The summed E-state index contributed by atoms with van der Waals surface area (Å²) in [7, 11) is 0. The van der Waals surface area contributed by atoms with Crippen molar-refractivity contribution in [2.75, 3.05) is 5.32 Å². The number of carbonyl (C=O) groups excluding carboxylic acids is 1. The highest BCUT2D eigenvalue weighted by Crippen LogP contribution is 2.53. The second-order valence-electron chi connectivity index (χ2n) is 5.84. The van der Waals surface area contributed by atoms with Crippen molar-refractivity contribution < 1.29 is 4.79 Å². The summed E-state index contributed by atoms with van der Waals surface area (Å²) in [4.78, 5) is 12.3. The topological polar surface area (TPSA) is 29.1 Å². The Labute approximate surface area is 114 Å². The molecular formula is C17H21NO. The monoisotopic (exact) mass is 255 g/mol. The Balaban J connectivity index is 1.63. The maximum Gasteiger partial charge on any atom is 0.228 e. The van der Waals surface area contributed by atoms with Crippen LogP contribution >= 0.6 is 0 Å². The average Bonchev–Trinajstić information content (AvgIpc) is 3.00. The van der Waals surface area contributed by atoms with Gasteiger partial charge in [0.25, 0.3) is 0 Å². The third kappa shape index (κ3) is 2.73. The Morgan fingerprint density at radius 3 is 2.47 bits per heavy atom. The van der Waals surface area contributed by atoms with Crippen LogP contribution in [-0.4, -0.2) is 5.91 Å². The number of fused-ring (bicyclic) bond motifs is 1. The number of hydrogen-bond donors (Lipinski definition) is 1. The van der Waals surface area contributed by atoms with Crippen LogP contribution in [0.2, 0.25) is 0 Å². The molecule has 0 aromatic heterocycles. The molecule has 0 spiro atoms. The molecule has 2 atom stereocenters. The number of benzene rings is 1. The molecule has 1 saturated carbocycles. The highest BCUT2D eigenvalue weighted by Gasteiger charge is 2.53. The Bertz CT molecular complexity index is 490. The van der Waals surface area contributed by atoms with Gasteiger partial charge in [-0.15, -0.1) is 0 Å². The van der Waals surface area contributed by atoms with Crippen LogP contribution in [0, 0.1) is 24.7 Å². The van der Waals surface area contributed by atoms with E-state index in [-0.39, 0.29) is 11.8 Å². The maximum absolute atomic E-state index is 12.3. The Morgan fingerprint density at radius 1 is 1.16 bits per heavy atom. The number of amides is 1. The van der Waals surface area contributed by atoms with E-state index >= 15 is 0 Å². The lowest BCUT2D eigenvalue weighted by Crippen LogP contribution is -2.15. The van der Waals surface area contributed by atoms with Gasteiger partial charge < -0.3 is 5.32 Å². The summed E-state index contributed by atoms with van der Waals surface area (Å²) >= 11 is 0. The number of hydrogen-bond acceptors (Lipinski definition) is 1. The summed E-state index contributed by atoms with van der Waals surface area (Å²) in [6.45, 7) is 2.05. The van der Waals surface area contributed by atoms with E-state index in [0.717, 1.165) is 18.5 Å². The first-order valence-corrected chi connectivity index (χ1v) is 7.28. The molecule has 1 N–H and O–H groups in total. The summed E-state index contributed by atoms with van der Waals surface area (Å²) in [5.74, 6) is 1.72. The number of rotatable bonds is 2. The zero-order valence-electron chi connectivity index (χ0n) is 11.4. The van der Waals surface area contributed by atoms with E-state index in [4.69, 9.17) is 0 Å². The predicted molar refractivity (Wildman–Crippen MR) is 77.9 cm³/mol. The minimum absolute atomic E-state index is 0.225. The smallest absolute Gasteiger partial charge is 0.228 e. The van der Waals surface area contributed by atoms with Crippen molar-refractivity contribution in [3.8, 4) is 0 Å². The minimum Gasteiger partial charge on any atom is -0.326 e. The molecule has 0 radical (unpaired) electrons. The van der Waals surface area contributed by atoms with Gasteiger partial charge >= 0.3 is 0 Å². The molecule has 19 heavy (non-hydrogen) atoms. The second-order valence-corrected chi connectivity index (χ2v) is 5.84. The van der Waals surface area contributed by atoms with E-state index in [1.807, 2.05) is 31.2 Å². The van der Waals surface area contributed by atoms with Crippen molar-refractivity contribution in [3.63, 3.8) is 0 Å². The summed E-state index contributed by atoms with van der Waals surface area (Å²) in [6.07, 6.45) is 9.15. The Morgan fingerprint density at radius 2 is 1.84 bits per heavy atom. The van der Waals surface area contributed by atoms with Gasteiger partial charge in [-0.3, -0.25) is 4.79 Å². The fourth-order valence-electron chi connectivity index (χ4n) is 3.38. The van der Waals surface area contributed by atoms with Gasteiger partial charge in [-0.1, -0.05) is 24.3 Å². The maximum atomic E-state index is 12.3. The number of anilines is 1. The van der Waals surface area contributed by atoms with Crippen LogP contribution in [0.4, 0.5) is 5.69 Å². The lowest BCUT2D eigenvalue weighted by molar-refractivity contribution is -0.117. The van der Waals surface area contributed by atoms with Crippen molar-refractivity contribution in [3.05, 3.63) is 42.0 Å². The molecule has 0 bridgehead atoms. The molecule has 1 aromatic carbocycles. The van der Waals surface area contributed by atoms with Crippen molar-refractivity contribution in [2.45, 2.75) is 32.6 Å². The standard InChI is InChI=1S/C17H21NO/c1-12-7-6-8-13(11-12)18-17(19)16-14-9-4-2-3-5-10-15(14)16/h2-3,6-8,11,14-16H,4-5,9-10H2,1H3,(H,18,19)/b3-2-/t14-,15-/m0/s1.